The van der Waals surface area contributed by atoms with Gasteiger partial charge in [-0.05, 0) is 37.1 Å². The molecule has 0 spiro atoms. The molecule has 0 N–H and O–H groups in total. The first kappa shape index (κ1) is 21.6. The third kappa shape index (κ3) is 4.56. The molecule has 0 aromatic heterocycles. The molecule has 9 heteroatoms. The van der Waals surface area contributed by atoms with Gasteiger partial charge in [0.05, 0.1) is 19.1 Å². The molecule has 1 aliphatic carbocycles. The SMILES string of the molecule is COC(=O)C1CN(C(=O)C2CCCCC2)CCN1S(=O)(=O)c1ccc(OC)cc1. The number of esters is 1. The molecule has 1 saturated heterocycles. The summed E-state index contributed by atoms with van der Waals surface area (Å²) in [4.78, 5) is 27.0. The van der Waals surface area contributed by atoms with Crippen molar-refractivity contribution in [3.63, 3.8) is 0 Å². The summed E-state index contributed by atoms with van der Waals surface area (Å²) in [5, 5.41) is 0. The van der Waals surface area contributed by atoms with Crippen molar-refractivity contribution in [2.45, 2.75) is 43.0 Å². The van der Waals surface area contributed by atoms with Crippen LogP contribution >= 0.6 is 0 Å². The molecule has 1 aromatic rings. The van der Waals surface area contributed by atoms with E-state index in [1.54, 1.807) is 17.0 Å². The fourth-order valence-corrected chi connectivity index (χ4v) is 5.63. The molecular formula is C20H28N2O6S. The molecule has 29 heavy (non-hydrogen) atoms. The number of piperazine rings is 1. The molecule has 1 amide bonds. The summed E-state index contributed by atoms with van der Waals surface area (Å²) in [7, 11) is -1.20. The number of nitrogens with zero attached hydrogens (tertiary/aromatic N) is 2. The molecule has 0 bridgehead atoms. The quantitative estimate of drug-likeness (QED) is 0.668. The fourth-order valence-electron chi connectivity index (χ4n) is 4.07. The highest BCUT2D eigenvalue weighted by Crippen LogP contribution is 2.28. The number of hydrogen-bond acceptors (Lipinski definition) is 6. The number of ether oxygens (including phenoxy) is 2. The smallest absolute Gasteiger partial charge is 0.326 e. The van der Waals surface area contributed by atoms with Crippen molar-refractivity contribution in [2.75, 3.05) is 33.9 Å². The Morgan fingerprint density at radius 1 is 1.00 bits per heavy atom. The number of carbonyl (C=O) groups excluding carboxylic acids is 2. The highest BCUT2D eigenvalue weighted by molar-refractivity contribution is 7.89. The molecule has 1 heterocycles. The lowest BCUT2D eigenvalue weighted by molar-refractivity contribution is -0.150. The maximum Gasteiger partial charge on any atom is 0.326 e. The van der Waals surface area contributed by atoms with E-state index in [0.717, 1.165) is 36.4 Å². The van der Waals surface area contributed by atoms with Gasteiger partial charge in [0.2, 0.25) is 15.9 Å². The lowest BCUT2D eigenvalue weighted by atomic mass is 9.88. The first-order valence-corrected chi connectivity index (χ1v) is 11.3. The van der Waals surface area contributed by atoms with Crippen LogP contribution in [-0.2, 0) is 24.3 Å². The predicted molar refractivity (Wildman–Crippen MR) is 106 cm³/mol. The summed E-state index contributed by atoms with van der Waals surface area (Å²) in [6, 6.07) is 4.95. The van der Waals surface area contributed by atoms with Gasteiger partial charge in [0.25, 0.3) is 0 Å². The van der Waals surface area contributed by atoms with Gasteiger partial charge in [0.1, 0.15) is 11.8 Å². The maximum absolute atomic E-state index is 13.2. The number of hydrogen-bond donors (Lipinski definition) is 0. The minimum atomic E-state index is -3.93. The predicted octanol–water partition coefficient (Wildman–Crippen LogP) is 1.65. The molecule has 3 rings (SSSR count). The van der Waals surface area contributed by atoms with E-state index in [1.165, 1.54) is 26.4 Å². The van der Waals surface area contributed by atoms with E-state index in [0.29, 0.717) is 5.75 Å². The van der Waals surface area contributed by atoms with E-state index >= 15 is 0 Å². The van der Waals surface area contributed by atoms with Gasteiger partial charge in [0.15, 0.2) is 0 Å². The normalized spacial score (nSPS) is 21.6. The zero-order chi connectivity index (χ0) is 21.0. The van der Waals surface area contributed by atoms with Gasteiger partial charge in [-0.1, -0.05) is 19.3 Å². The van der Waals surface area contributed by atoms with Gasteiger partial charge in [-0.25, -0.2) is 8.42 Å². The minimum Gasteiger partial charge on any atom is -0.497 e. The summed E-state index contributed by atoms with van der Waals surface area (Å²) in [5.74, 6) is -0.147. The molecule has 2 aliphatic rings. The molecule has 0 radical (unpaired) electrons. The third-order valence-electron chi connectivity index (χ3n) is 5.74. The van der Waals surface area contributed by atoms with E-state index in [9.17, 15) is 18.0 Å². The average molecular weight is 425 g/mol. The largest absolute Gasteiger partial charge is 0.497 e. The number of rotatable bonds is 5. The molecule has 1 atom stereocenters. The van der Waals surface area contributed by atoms with Crippen molar-refractivity contribution in [1.82, 2.24) is 9.21 Å². The van der Waals surface area contributed by atoms with Crippen LogP contribution in [0.1, 0.15) is 32.1 Å². The van der Waals surface area contributed by atoms with Crippen molar-refractivity contribution in [2.24, 2.45) is 5.92 Å². The number of methoxy groups -OCH3 is 2. The Labute approximate surface area is 171 Å². The van der Waals surface area contributed by atoms with Crippen LogP contribution in [0.3, 0.4) is 0 Å². The van der Waals surface area contributed by atoms with Gasteiger partial charge in [0, 0.05) is 25.6 Å². The number of benzene rings is 1. The van der Waals surface area contributed by atoms with E-state index < -0.39 is 22.0 Å². The second-order valence-corrected chi connectivity index (χ2v) is 9.34. The molecule has 160 valence electrons. The van der Waals surface area contributed by atoms with Gasteiger partial charge >= 0.3 is 5.97 Å². The first-order valence-electron chi connectivity index (χ1n) is 9.91. The standard InChI is InChI=1S/C20H28N2O6S/c1-27-16-8-10-17(11-9-16)29(25,26)22-13-12-21(14-18(22)20(24)28-2)19(23)15-6-4-3-5-7-15/h8-11,15,18H,3-7,12-14H2,1-2H3. The highest BCUT2D eigenvalue weighted by Gasteiger charge is 2.43. The summed E-state index contributed by atoms with van der Waals surface area (Å²) in [6.07, 6.45) is 4.91. The van der Waals surface area contributed by atoms with Gasteiger partial charge in [-0.2, -0.15) is 4.31 Å². The number of amides is 1. The Balaban J connectivity index is 1.81. The monoisotopic (exact) mass is 424 g/mol. The van der Waals surface area contributed by atoms with Crippen molar-refractivity contribution in [1.29, 1.82) is 0 Å². The Bertz CT molecular complexity index is 833. The summed E-state index contributed by atoms with van der Waals surface area (Å²) >= 11 is 0. The lowest BCUT2D eigenvalue weighted by Gasteiger charge is -2.40. The van der Waals surface area contributed by atoms with Crippen LogP contribution in [0.4, 0.5) is 0 Å². The Hall–Kier alpha value is -2.13. The van der Waals surface area contributed by atoms with Gasteiger partial charge in [-0.15, -0.1) is 0 Å². The van der Waals surface area contributed by atoms with Crippen LogP contribution in [0.25, 0.3) is 0 Å². The van der Waals surface area contributed by atoms with Crippen LogP contribution in [0, 0.1) is 5.92 Å². The molecule has 1 aliphatic heterocycles. The summed E-state index contributed by atoms with van der Waals surface area (Å²) in [5.41, 5.74) is 0. The second-order valence-electron chi connectivity index (χ2n) is 7.45. The van der Waals surface area contributed by atoms with E-state index in [4.69, 9.17) is 9.47 Å². The maximum atomic E-state index is 13.2. The zero-order valence-corrected chi connectivity index (χ0v) is 17.7. The van der Waals surface area contributed by atoms with Crippen molar-refractivity contribution in [3.05, 3.63) is 24.3 Å². The third-order valence-corrected chi connectivity index (χ3v) is 7.66. The fraction of sp³-hybridized carbons (Fsp3) is 0.600. The Morgan fingerprint density at radius 3 is 2.24 bits per heavy atom. The second kappa shape index (κ2) is 9.13. The van der Waals surface area contributed by atoms with Gasteiger partial charge in [-0.3, -0.25) is 9.59 Å². The molecule has 1 saturated carbocycles. The van der Waals surface area contributed by atoms with Crippen LogP contribution < -0.4 is 4.74 Å². The van der Waals surface area contributed by atoms with Crippen molar-refractivity contribution < 1.29 is 27.5 Å². The molecule has 2 fully saturated rings. The van der Waals surface area contributed by atoms with Crippen LogP contribution in [0.2, 0.25) is 0 Å². The van der Waals surface area contributed by atoms with Crippen LogP contribution in [0.15, 0.2) is 29.2 Å². The Morgan fingerprint density at radius 2 is 1.66 bits per heavy atom. The Kier molecular flexibility index (Phi) is 6.79. The zero-order valence-electron chi connectivity index (χ0n) is 16.9. The van der Waals surface area contributed by atoms with Gasteiger partial charge < -0.3 is 14.4 Å². The van der Waals surface area contributed by atoms with Crippen molar-refractivity contribution in [3.8, 4) is 5.75 Å². The van der Waals surface area contributed by atoms with E-state index in [1.807, 2.05) is 0 Å². The van der Waals surface area contributed by atoms with E-state index in [-0.39, 0.29) is 36.4 Å². The molecular weight excluding hydrogens is 396 g/mol. The highest BCUT2D eigenvalue weighted by atomic mass is 32.2. The van der Waals surface area contributed by atoms with Crippen molar-refractivity contribution >= 4 is 21.9 Å². The topological polar surface area (TPSA) is 93.2 Å². The first-order chi connectivity index (χ1) is 13.9. The van der Waals surface area contributed by atoms with Crippen LogP contribution in [-0.4, -0.2) is 69.4 Å². The number of sulfonamides is 1. The summed E-state index contributed by atoms with van der Waals surface area (Å²) < 4.78 is 37.4. The average Bonchev–Trinajstić information content (AvgIpc) is 2.78. The van der Waals surface area contributed by atoms with Crippen LogP contribution in [0.5, 0.6) is 5.75 Å². The molecule has 1 unspecified atom stereocenters. The minimum absolute atomic E-state index is 0.0113. The molecule has 8 nitrogen and oxygen atoms in total. The molecule has 1 aromatic carbocycles. The van der Waals surface area contributed by atoms with E-state index in [2.05, 4.69) is 0 Å². The lowest BCUT2D eigenvalue weighted by Crippen LogP contribution is -2.60. The summed E-state index contributed by atoms with van der Waals surface area (Å²) in [6.45, 7) is 0.322. The number of carbonyl (C=O) groups is 2.